The van der Waals surface area contributed by atoms with Gasteiger partial charge < -0.3 is 10.2 Å². The van der Waals surface area contributed by atoms with Gasteiger partial charge in [0.2, 0.25) is 0 Å². The summed E-state index contributed by atoms with van der Waals surface area (Å²) in [5, 5.41) is 20.5. The van der Waals surface area contributed by atoms with Crippen LogP contribution in [0.1, 0.15) is 65.2 Å². The second kappa shape index (κ2) is 5.36. The van der Waals surface area contributed by atoms with Crippen molar-refractivity contribution in [2.75, 3.05) is 0 Å². The van der Waals surface area contributed by atoms with Gasteiger partial charge in [-0.15, -0.1) is 6.42 Å². The zero-order valence-corrected chi connectivity index (χ0v) is 15.4. The third-order valence-electron chi connectivity index (χ3n) is 8.97. The predicted molar refractivity (Wildman–Crippen MR) is 96.6 cm³/mol. The maximum Gasteiger partial charge on any atom is 0.162 e. The summed E-state index contributed by atoms with van der Waals surface area (Å²) in [4.78, 5) is 12.3. The number of allylic oxidation sites excluding steroid dienone is 1. The van der Waals surface area contributed by atoms with Gasteiger partial charge in [0, 0.05) is 17.4 Å². The van der Waals surface area contributed by atoms with Gasteiger partial charge in [-0.25, -0.2) is 0 Å². The van der Waals surface area contributed by atoms with Crippen LogP contribution < -0.4 is 0 Å². The van der Waals surface area contributed by atoms with Gasteiger partial charge in [0.05, 0.1) is 6.26 Å². The Morgan fingerprint density at radius 1 is 1.16 bits per heavy atom. The fourth-order valence-corrected chi connectivity index (χ4v) is 7.38. The monoisotopic (exact) mass is 342 g/mol. The lowest BCUT2D eigenvalue weighted by atomic mass is 9.44. The number of carbonyl (C=O) groups excluding carboxylic acids is 1. The zero-order chi connectivity index (χ0) is 18.0. The average Bonchev–Trinajstić information content (AvgIpc) is 2.87. The van der Waals surface area contributed by atoms with Gasteiger partial charge in [-0.3, -0.25) is 4.79 Å². The first-order valence-electron chi connectivity index (χ1n) is 9.85. The van der Waals surface area contributed by atoms with Crippen LogP contribution in [0.4, 0.5) is 0 Å². The molecule has 0 radical (unpaired) electrons. The van der Waals surface area contributed by atoms with Gasteiger partial charge in [0.1, 0.15) is 5.60 Å². The molecule has 25 heavy (non-hydrogen) atoms. The largest absolute Gasteiger partial charge is 0.515 e. The van der Waals surface area contributed by atoms with E-state index >= 15 is 0 Å². The molecule has 136 valence electrons. The summed E-state index contributed by atoms with van der Waals surface area (Å²) in [5.41, 5.74) is -0.436. The molecular formula is C22H30O3. The molecule has 1 unspecified atom stereocenters. The van der Waals surface area contributed by atoms with E-state index in [1.165, 1.54) is 0 Å². The minimum atomic E-state index is -0.959. The Morgan fingerprint density at radius 3 is 2.56 bits per heavy atom. The number of terminal acetylenes is 1. The number of aliphatic hydroxyl groups excluding tert-OH is 1. The summed E-state index contributed by atoms with van der Waals surface area (Å²) in [6.07, 6.45) is 14.1. The number of ketones is 1. The van der Waals surface area contributed by atoms with Crippen molar-refractivity contribution in [3.8, 4) is 12.3 Å². The molecule has 3 nitrogen and oxygen atoms in total. The molecule has 7 atom stereocenters. The molecule has 3 heteroatoms. The fraction of sp³-hybridized carbons (Fsp3) is 0.773. The van der Waals surface area contributed by atoms with E-state index in [2.05, 4.69) is 19.8 Å². The van der Waals surface area contributed by atoms with Gasteiger partial charge in [0.15, 0.2) is 5.78 Å². The van der Waals surface area contributed by atoms with Gasteiger partial charge in [-0.05, 0) is 74.0 Å². The summed E-state index contributed by atoms with van der Waals surface area (Å²) >= 11 is 0. The van der Waals surface area contributed by atoms with Crippen LogP contribution in [0.15, 0.2) is 11.8 Å². The lowest BCUT2D eigenvalue weighted by Gasteiger charge is -2.60. The number of carbonyl (C=O) groups is 1. The molecule has 0 saturated heterocycles. The maximum atomic E-state index is 12.3. The van der Waals surface area contributed by atoms with E-state index < -0.39 is 5.60 Å². The van der Waals surface area contributed by atoms with Gasteiger partial charge >= 0.3 is 0 Å². The molecule has 0 aliphatic heterocycles. The van der Waals surface area contributed by atoms with Crippen LogP contribution in [0.2, 0.25) is 0 Å². The SMILES string of the molecule is C#C[C@@]1(O)CC[C@H]2[C@@H]3CCC4CC(=O)C(=CO)C[C@]4(C)[C@H]3CC[C@@]21C. The smallest absolute Gasteiger partial charge is 0.162 e. The molecule has 4 rings (SSSR count). The highest BCUT2D eigenvalue weighted by molar-refractivity contribution is 5.96. The summed E-state index contributed by atoms with van der Waals surface area (Å²) in [6.45, 7) is 4.55. The maximum absolute atomic E-state index is 12.3. The van der Waals surface area contributed by atoms with E-state index in [0.717, 1.165) is 38.4 Å². The van der Waals surface area contributed by atoms with Crippen molar-refractivity contribution in [3.63, 3.8) is 0 Å². The normalized spacial score (nSPS) is 53.7. The Bertz CT molecular complexity index is 673. The Labute approximate surface area is 150 Å². The highest BCUT2D eigenvalue weighted by atomic mass is 16.3. The molecule has 0 bridgehead atoms. The van der Waals surface area contributed by atoms with E-state index in [9.17, 15) is 15.0 Å². The van der Waals surface area contributed by atoms with Crippen molar-refractivity contribution in [2.45, 2.75) is 70.8 Å². The Hall–Kier alpha value is -1.27. The first-order valence-corrected chi connectivity index (χ1v) is 9.85. The topological polar surface area (TPSA) is 57.5 Å². The number of hydrogen-bond donors (Lipinski definition) is 2. The highest BCUT2D eigenvalue weighted by Crippen LogP contribution is 2.68. The first-order chi connectivity index (χ1) is 11.8. The standard InChI is InChI=1S/C22H30O3/c1-4-22(25)10-8-18-16-6-5-15-11-19(24)14(13-23)12-20(15,2)17(16)7-9-21(18,22)3/h1,13,15-18,23,25H,5-12H2,2-3H3/t15?,16-,17+,18+,20+,21+,22-/m1/s1. The third-order valence-corrected chi connectivity index (χ3v) is 8.97. The fourth-order valence-electron chi connectivity index (χ4n) is 7.38. The number of aliphatic hydroxyl groups is 2. The van der Waals surface area contributed by atoms with Crippen molar-refractivity contribution < 1.29 is 15.0 Å². The average molecular weight is 342 g/mol. The van der Waals surface area contributed by atoms with E-state index in [4.69, 9.17) is 6.42 Å². The van der Waals surface area contributed by atoms with E-state index in [0.29, 0.717) is 48.5 Å². The molecule has 4 aliphatic rings. The molecular weight excluding hydrogens is 312 g/mol. The van der Waals surface area contributed by atoms with E-state index in [-0.39, 0.29) is 16.6 Å². The van der Waals surface area contributed by atoms with Crippen molar-refractivity contribution in [3.05, 3.63) is 11.8 Å². The minimum Gasteiger partial charge on any atom is -0.515 e. The quantitative estimate of drug-likeness (QED) is 0.397. The van der Waals surface area contributed by atoms with Crippen molar-refractivity contribution in [1.29, 1.82) is 0 Å². The van der Waals surface area contributed by atoms with Crippen molar-refractivity contribution in [2.24, 2.45) is 34.5 Å². The Morgan fingerprint density at radius 2 is 1.88 bits per heavy atom. The zero-order valence-electron chi connectivity index (χ0n) is 15.4. The van der Waals surface area contributed by atoms with Crippen LogP contribution in [0.25, 0.3) is 0 Å². The molecule has 0 spiro atoms. The minimum absolute atomic E-state index is 0.0869. The number of fused-ring (bicyclic) bond motifs is 5. The van der Waals surface area contributed by atoms with E-state index in [1.807, 2.05) is 0 Å². The van der Waals surface area contributed by atoms with Crippen molar-refractivity contribution >= 4 is 5.78 Å². The molecule has 4 fully saturated rings. The summed E-state index contributed by atoms with van der Waals surface area (Å²) in [7, 11) is 0. The van der Waals surface area contributed by atoms with Crippen LogP contribution in [0.3, 0.4) is 0 Å². The van der Waals surface area contributed by atoms with Crippen LogP contribution in [0, 0.1) is 46.8 Å². The van der Waals surface area contributed by atoms with E-state index in [1.54, 1.807) is 0 Å². The molecule has 0 aromatic heterocycles. The molecule has 0 heterocycles. The molecule has 0 aromatic rings. The third kappa shape index (κ3) is 2.07. The molecule has 2 N–H and O–H groups in total. The summed E-state index contributed by atoms with van der Waals surface area (Å²) in [5.74, 6) is 4.91. The second-order valence-electron chi connectivity index (χ2n) is 9.61. The lowest BCUT2D eigenvalue weighted by molar-refractivity contribution is -0.140. The van der Waals surface area contributed by atoms with Gasteiger partial charge in [-0.2, -0.15) is 0 Å². The number of rotatable bonds is 0. The van der Waals surface area contributed by atoms with Crippen LogP contribution >= 0.6 is 0 Å². The lowest BCUT2D eigenvalue weighted by Crippen LogP contribution is -2.56. The predicted octanol–water partition coefficient (Wildman–Crippen LogP) is 4.01. The van der Waals surface area contributed by atoms with Gasteiger partial charge in [-0.1, -0.05) is 19.8 Å². The van der Waals surface area contributed by atoms with Crippen LogP contribution in [0.5, 0.6) is 0 Å². The number of Topliss-reactive ketones (excluding diaryl/α,β-unsaturated/α-hetero) is 1. The molecule has 4 saturated carbocycles. The van der Waals surface area contributed by atoms with Crippen LogP contribution in [-0.4, -0.2) is 21.6 Å². The summed E-state index contributed by atoms with van der Waals surface area (Å²) in [6, 6.07) is 0. The second-order valence-corrected chi connectivity index (χ2v) is 9.61. The van der Waals surface area contributed by atoms with Gasteiger partial charge in [0.25, 0.3) is 0 Å². The van der Waals surface area contributed by atoms with Crippen molar-refractivity contribution in [1.82, 2.24) is 0 Å². The first kappa shape index (κ1) is 17.2. The highest BCUT2D eigenvalue weighted by Gasteiger charge is 2.64. The molecule has 4 aliphatic carbocycles. The Balaban J connectivity index is 1.68. The molecule has 0 aromatic carbocycles. The number of hydrogen-bond acceptors (Lipinski definition) is 3. The van der Waals surface area contributed by atoms with Crippen LogP contribution in [-0.2, 0) is 4.79 Å². The Kier molecular flexibility index (Phi) is 3.68. The molecule has 0 amide bonds. The summed E-state index contributed by atoms with van der Waals surface area (Å²) < 4.78 is 0.